The van der Waals surface area contributed by atoms with Gasteiger partial charge in [0, 0.05) is 18.6 Å². The molecular weight excluding hydrogens is 300 g/mol. The second kappa shape index (κ2) is 9.07. The molecule has 1 heterocycles. The summed E-state index contributed by atoms with van der Waals surface area (Å²) in [5.41, 5.74) is -0.412. The number of piperidine rings is 1. The highest BCUT2D eigenvalue weighted by molar-refractivity contribution is 5.68. The van der Waals surface area contributed by atoms with Crippen LogP contribution in [0.5, 0.6) is 0 Å². The van der Waals surface area contributed by atoms with Crippen molar-refractivity contribution >= 4 is 6.09 Å². The van der Waals surface area contributed by atoms with Crippen LogP contribution in [-0.2, 0) is 4.74 Å². The highest BCUT2D eigenvalue weighted by Crippen LogP contribution is 2.27. The average Bonchev–Trinajstić information content (AvgIpc) is 2.99. The third-order valence-corrected chi connectivity index (χ3v) is 5.40. The monoisotopic (exact) mass is 338 g/mol. The summed E-state index contributed by atoms with van der Waals surface area (Å²) in [7, 11) is 0. The standard InChI is InChI=1S/C20H38N2O2/c1-16(21-13-12-17-9-5-6-10-17)15-18-11-7-8-14-22(18)19(23)24-20(2,3)4/h16-18,21H,5-15H2,1-4H3. The van der Waals surface area contributed by atoms with Crippen LogP contribution in [0.4, 0.5) is 4.79 Å². The van der Waals surface area contributed by atoms with Crippen LogP contribution in [-0.4, -0.2) is 41.8 Å². The molecule has 1 amide bonds. The molecule has 4 heteroatoms. The molecule has 2 aliphatic rings. The Labute approximate surface area is 148 Å². The SMILES string of the molecule is CC(CC1CCCCN1C(=O)OC(C)(C)C)NCCC1CCCC1. The molecule has 1 aliphatic heterocycles. The average molecular weight is 339 g/mol. The molecule has 1 aliphatic carbocycles. The first-order valence-electron chi connectivity index (χ1n) is 10.1. The van der Waals surface area contributed by atoms with E-state index >= 15 is 0 Å². The Morgan fingerprint density at radius 3 is 2.50 bits per heavy atom. The van der Waals surface area contributed by atoms with Crippen molar-refractivity contribution in [2.75, 3.05) is 13.1 Å². The molecule has 140 valence electrons. The van der Waals surface area contributed by atoms with Gasteiger partial charge in [-0.25, -0.2) is 4.79 Å². The molecule has 1 saturated heterocycles. The molecule has 2 rings (SSSR count). The van der Waals surface area contributed by atoms with E-state index in [2.05, 4.69) is 12.2 Å². The zero-order valence-corrected chi connectivity index (χ0v) is 16.3. The molecule has 1 saturated carbocycles. The van der Waals surface area contributed by atoms with E-state index in [-0.39, 0.29) is 6.09 Å². The molecule has 0 radical (unpaired) electrons. The van der Waals surface area contributed by atoms with Gasteiger partial charge in [0.1, 0.15) is 5.60 Å². The molecule has 2 unspecified atom stereocenters. The number of hydrogen-bond acceptors (Lipinski definition) is 3. The van der Waals surface area contributed by atoms with Gasteiger partial charge in [-0.3, -0.25) is 0 Å². The Hall–Kier alpha value is -0.770. The van der Waals surface area contributed by atoms with E-state index in [4.69, 9.17) is 4.74 Å². The van der Waals surface area contributed by atoms with Crippen molar-refractivity contribution in [1.29, 1.82) is 0 Å². The molecular formula is C20H38N2O2. The largest absolute Gasteiger partial charge is 0.444 e. The zero-order valence-electron chi connectivity index (χ0n) is 16.3. The maximum Gasteiger partial charge on any atom is 0.410 e. The van der Waals surface area contributed by atoms with Gasteiger partial charge in [-0.05, 0) is 72.3 Å². The maximum atomic E-state index is 12.5. The number of nitrogens with zero attached hydrogens (tertiary/aromatic N) is 1. The van der Waals surface area contributed by atoms with Gasteiger partial charge in [0.2, 0.25) is 0 Å². The summed E-state index contributed by atoms with van der Waals surface area (Å²) in [5.74, 6) is 0.942. The Bertz CT molecular complexity index is 386. The minimum atomic E-state index is -0.412. The first-order chi connectivity index (χ1) is 11.3. The predicted octanol–water partition coefficient (Wildman–Crippen LogP) is 4.72. The summed E-state index contributed by atoms with van der Waals surface area (Å²) in [6.07, 6.45) is 11.3. The summed E-state index contributed by atoms with van der Waals surface area (Å²) in [6, 6.07) is 0.780. The Balaban J connectivity index is 1.75. The second-order valence-electron chi connectivity index (χ2n) is 8.85. The molecule has 0 aromatic heterocycles. The minimum Gasteiger partial charge on any atom is -0.444 e. The lowest BCUT2D eigenvalue weighted by Gasteiger charge is -2.38. The quantitative estimate of drug-likeness (QED) is 0.761. The molecule has 0 aromatic rings. The van der Waals surface area contributed by atoms with Crippen molar-refractivity contribution in [3.63, 3.8) is 0 Å². The van der Waals surface area contributed by atoms with Crippen LogP contribution in [0.1, 0.15) is 85.5 Å². The molecule has 0 bridgehead atoms. The number of hydrogen-bond donors (Lipinski definition) is 1. The molecule has 0 spiro atoms. The topological polar surface area (TPSA) is 41.6 Å². The lowest BCUT2D eigenvalue weighted by molar-refractivity contribution is 0.00790. The van der Waals surface area contributed by atoms with Gasteiger partial charge in [-0.2, -0.15) is 0 Å². The van der Waals surface area contributed by atoms with Crippen LogP contribution in [0.2, 0.25) is 0 Å². The van der Waals surface area contributed by atoms with E-state index in [0.717, 1.165) is 38.3 Å². The fraction of sp³-hybridized carbons (Fsp3) is 0.950. The van der Waals surface area contributed by atoms with Gasteiger partial charge in [0.15, 0.2) is 0 Å². The van der Waals surface area contributed by atoms with E-state index in [1.165, 1.54) is 38.5 Å². The minimum absolute atomic E-state index is 0.134. The van der Waals surface area contributed by atoms with Gasteiger partial charge in [0.05, 0.1) is 0 Å². The molecule has 2 atom stereocenters. The number of amides is 1. The maximum absolute atomic E-state index is 12.5. The third-order valence-electron chi connectivity index (χ3n) is 5.40. The van der Waals surface area contributed by atoms with E-state index in [1.807, 2.05) is 25.7 Å². The fourth-order valence-electron chi connectivity index (χ4n) is 4.13. The van der Waals surface area contributed by atoms with Crippen molar-refractivity contribution in [2.24, 2.45) is 5.92 Å². The highest BCUT2D eigenvalue weighted by atomic mass is 16.6. The number of nitrogens with one attached hydrogen (secondary N) is 1. The first kappa shape index (κ1) is 19.6. The van der Waals surface area contributed by atoms with Gasteiger partial charge < -0.3 is 15.0 Å². The number of ether oxygens (including phenoxy) is 1. The van der Waals surface area contributed by atoms with Crippen LogP contribution in [0.15, 0.2) is 0 Å². The van der Waals surface area contributed by atoms with Crippen molar-refractivity contribution in [3.8, 4) is 0 Å². The highest BCUT2D eigenvalue weighted by Gasteiger charge is 2.31. The van der Waals surface area contributed by atoms with Crippen LogP contribution in [0.25, 0.3) is 0 Å². The zero-order chi connectivity index (χ0) is 17.6. The number of likely N-dealkylation sites (tertiary alicyclic amines) is 1. The molecule has 4 nitrogen and oxygen atoms in total. The van der Waals surface area contributed by atoms with Crippen LogP contribution >= 0.6 is 0 Å². The summed E-state index contributed by atoms with van der Waals surface area (Å²) < 4.78 is 5.60. The fourth-order valence-corrected chi connectivity index (χ4v) is 4.13. The van der Waals surface area contributed by atoms with Crippen molar-refractivity contribution < 1.29 is 9.53 Å². The van der Waals surface area contributed by atoms with Crippen LogP contribution < -0.4 is 5.32 Å². The van der Waals surface area contributed by atoms with Crippen molar-refractivity contribution in [1.82, 2.24) is 10.2 Å². The lowest BCUT2D eigenvalue weighted by atomic mass is 9.96. The third kappa shape index (κ3) is 6.62. The number of rotatable bonds is 6. The van der Waals surface area contributed by atoms with E-state index in [0.29, 0.717) is 12.1 Å². The van der Waals surface area contributed by atoms with Crippen molar-refractivity contribution in [3.05, 3.63) is 0 Å². The van der Waals surface area contributed by atoms with Crippen LogP contribution in [0, 0.1) is 5.92 Å². The van der Waals surface area contributed by atoms with Gasteiger partial charge in [-0.1, -0.05) is 25.7 Å². The van der Waals surface area contributed by atoms with E-state index in [1.54, 1.807) is 0 Å². The number of carbonyl (C=O) groups excluding carboxylic acids is 1. The van der Waals surface area contributed by atoms with Crippen molar-refractivity contribution in [2.45, 2.75) is 103 Å². The molecule has 1 N–H and O–H groups in total. The predicted molar refractivity (Wildman–Crippen MR) is 99.2 cm³/mol. The van der Waals surface area contributed by atoms with Crippen LogP contribution in [0.3, 0.4) is 0 Å². The van der Waals surface area contributed by atoms with Gasteiger partial charge in [-0.15, -0.1) is 0 Å². The number of carbonyl (C=O) groups is 1. The lowest BCUT2D eigenvalue weighted by Crippen LogP contribution is -2.48. The molecule has 24 heavy (non-hydrogen) atoms. The summed E-state index contributed by atoms with van der Waals surface area (Å²) >= 11 is 0. The summed E-state index contributed by atoms with van der Waals surface area (Å²) in [6.45, 7) is 10.0. The molecule has 0 aromatic carbocycles. The van der Waals surface area contributed by atoms with E-state index < -0.39 is 5.60 Å². The Kier molecular flexibility index (Phi) is 7.39. The summed E-state index contributed by atoms with van der Waals surface area (Å²) in [4.78, 5) is 14.5. The van der Waals surface area contributed by atoms with E-state index in [9.17, 15) is 4.79 Å². The molecule has 2 fully saturated rings. The van der Waals surface area contributed by atoms with Gasteiger partial charge in [0.25, 0.3) is 0 Å². The van der Waals surface area contributed by atoms with Gasteiger partial charge >= 0.3 is 6.09 Å². The second-order valence-corrected chi connectivity index (χ2v) is 8.85. The summed E-state index contributed by atoms with van der Waals surface area (Å²) in [5, 5.41) is 3.69. The smallest absolute Gasteiger partial charge is 0.410 e. The Morgan fingerprint density at radius 2 is 1.83 bits per heavy atom. The Morgan fingerprint density at radius 1 is 1.17 bits per heavy atom. The first-order valence-corrected chi connectivity index (χ1v) is 10.1. The normalized spacial score (nSPS) is 24.2.